The van der Waals surface area contributed by atoms with E-state index in [2.05, 4.69) is 32.0 Å². The van der Waals surface area contributed by atoms with E-state index in [1.54, 1.807) is 0 Å². The molecule has 0 radical (unpaired) electrons. The van der Waals surface area contributed by atoms with Gasteiger partial charge in [0.25, 0.3) is 0 Å². The number of nitrogens with two attached hydrogens (primary N) is 1. The van der Waals surface area contributed by atoms with E-state index in [0.29, 0.717) is 5.92 Å². The third kappa shape index (κ3) is 2.17. The fraction of sp³-hybridized carbons (Fsp3) is 0.571. The van der Waals surface area contributed by atoms with E-state index in [0.717, 1.165) is 11.6 Å². The van der Waals surface area contributed by atoms with Gasteiger partial charge in [-0.25, -0.2) is 0 Å². The van der Waals surface area contributed by atoms with Crippen LogP contribution in [0.4, 0.5) is 5.69 Å². The lowest BCUT2D eigenvalue weighted by Crippen LogP contribution is -2.16. The van der Waals surface area contributed by atoms with Crippen LogP contribution in [0.15, 0.2) is 18.2 Å². The van der Waals surface area contributed by atoms with Crippen molar-refractivity contribution in [1.82, 2.24) is 0 Å². The number of nitrogen functional groups attached to an aromatic ring is 1. The van der Waals surface area contributed by atoms with E-state index < -0.39 is 0 Å². The maximum absolute atomic E-state index is 6.11. The van der Waals surface area contributed by atoms with Crippen LogP contribution in [0.3, 0.4) is 0 Å². The van der Waals surface area contributed by atoms with Gasteiger partial charge in [0, 0.05) is 5.69 Å². The van der Waals surface area contributed by atoms with Gasteiger partial charge in [0.15, 0.2) is 0 Å². The summed E-state index contributed by atoms with van der Waals surface area (Å²) in [7, 11) is 0. The Balaban J connectivity index is 2.27. The molecular formula is C14H21N. The van der Waals surface area contributed by atoms with E-state index >= 15 is 0 Å². The molecule has 1 aliphatic rings. The van der Waals surface area contributed by atoms with Crippen LogP contribution in [0.1, 0.15) is 49.7 Å². The van der Waals surface area contributed by atoms with Crippen LogP contribution in [0.5, 0.6) is 0 Å². The zero-order valence-corrected chi connectivity index (χ0v) is 9.79. The zero-order chi connectivity index (χ0) is 10.8. The quantitative estimate of drug-likeness (QED) is 0.689. The molecule has 15 heavy (non-hydrogen) atoms. The Hall–Kier alpha value is -0.980. The van der Waals surface area contributed by atoms with Gasteiger partial charge >= 0.3 is 0 Å². The van der Waals surface area contributed by atoms with Gasteiger partial charge in [0.2, 0.25) is 0 Å². The lowest BCUT2D eigenvalue weighted by molar-refractivity contribution is 0.331. The topological polar surface area (TPSA) is 26.0 Å². The molecule has 2 atom stereocenters. The molecule has 0 bridgehead atoms. The third-order valence-electron chi connectivity index (χ3n) is 3.75. The van der Waals surface area contributed by atoms with Crippen molar-refractivity contribution < 1.29 is 0 Å². The first-order valence-electron chi connectivity index (χ1n) is 6.04. The first-order valence-corrected chi connectivity index (χ1v) is 6.04. The number of rotatable bonds is 1. The van der Waals surface area contributed by atoms with Crippen LogP contribution >= 0.6 is 0 Å². The first-order chi connectivity index (χ1) is 7.18. The Labute approximate surface area is 92.7 Å². The minimum Gasteiger partial charge on any atom is -0.398 e. The summed E-state index contributed by atoms with van der Waals surface area (Å²) in [4.78, 5) is 0. The Morgan fingerprint density at radius 1 is 1.20 bits per heavy atom. The molecule has 1 fully saturated rings. The number of hydrogen-bond donors (Lipinski definition) is 1. The van der Waals surface area contributed by atoms with Gasteiger partial charge in [0.1, 0.15) is 0 Å². The predicted molar refractivity (Wildman–Crippen MR) is 66.0 cm³/mol. The predicted octanol–water partition coefficient (Wildman–Crippen LogP) is 3.87. The molecule has 0 aromatic heterocycles. The van der Waals surface area contributed by atoms with Crippen molar-refractivity contribution in [2.75, 3.05) is 5.73 Å². The van der Waals surface area contributed by atoms with Gasteiger partial charge in [-0.05, 0) is 42.4 Å². The molecule has 0 unspecified atom stereocenters. The second kappa shape index (κ2) is 4.26. The fourth-order valence-electron chi connectivity index (χ4n) is 2.81. The molecule has 0 saturated heterocycles. The fourth-order valence-corrected chi connectivity index (χ4v) is 2.81. The van der Waals surface area contributed by atoms with Crippen molar-refractivity contribution >= 4 is 5.69 Å². The van der Waals surface area contributed by atoms with E-state index in [-0.39, 0.29) is 0 Å². The highest BCUT2D eigenvalue weighted by Crippen LogP contribution is 2.39. The summed E-state index contributed by atoms with van der Waals surface area (Å²) in [6.07, 6.45) is 5.43. The summed E-state index contributed by atoms with van der Waals surface area (Å²) in [5.41, 5.74) is 9.75. The van der Waals surface area contributed by atoms with Gasteiger partial charge in [-0.3, -0.25) is 0 Å². The van der Waals surface area contributed by atoms with Crippen molar-refractivity contribution in [3.63, 3.8) is 0 Å². The minimum absolute atomic E-state index is 0.694. The molecule has 0 spiro atoms. The van der Waals surface area contributed by atoms with Crippen LogP contribution < -0.4 is 5.73 Å². The van der Waals surface area contributed by atoms with Crippen molar-refractivity contribution in [3.05, 3.63) is 29.3 Å². The Morgan fingerprint density at radius 3 is 2.60 bits per heavy atom. The summed E-state index contributed by atoms with van der Waals surface area (Å²) in [5.74, 6) is 1.49. The summed E-state index contributed by atoms with van der Waals surface area (Å²) >= 11 is 0. The average Bonchev–Trinajstić information content (AvgIpc) is 2.20. The van der Waals surface area contributed by atoms with E-state index in [4.69, 9.17) is 5.73 Å². The van der Waals surface area contributed by atoms with Crippen LogP contribution in [0, 0.1) is 12.8 Å². The van der Waals surface area contributed by atoms with Crippen LogP contribution in [0.2, 0.25) is 0 Å². The lowest BCUT2D eigenvalue weighted by Gasteiger charge is -2.30. The molecule has 0 amide bonds. The average molecular weight is 203 g/mol. The van der Waals surface area contributed by atoms with Crippen molar-refractivity contribution in [1.29, 1.82) is 0 Å². The molecule has 82 valence electrons. The summed E-state index contributed by atoms with van der Waals surface area (Å²) in [5, 5.41) is 0. The molecule has 1 heteroatoms. The Morgan fingerprint density at radius 2 is 1.93 bits per heavy atom. The largest absolute Gasteiger partial charge is 0.398 e. The van der Waals surface area contributed by atoms with E-state index in [1.807, 2.05) is 0 Å². The van der Waals surface area contributed by atoms with Gasteiger partial charge < -0.3 is 5.73 Å². The maximum Gasteiger partial charge on any atom is 0.0352 e. The molecule has 0 heterocycles. The Kier molecular flexibility index (Phi) is 2.99. The minimum atomic E-state index is 0.694. The normalized spacial score (nSPS) is 26.5. The first kappa shape index (κ1) is 10.5. The number of anilines is 1. The molecule has 1 saturated carbocycles. The molecule has 1 nitrogen and oxygen atoms in total. The Bertz CT molecular complexity index is 343. The van der Waals surface area contributed by atoms with Crippen LogP contribution in [-0.2, 0) is 0 Å². The van der Waals surface area contributed by atoms with Gasteiger partial charge in [0.05, 0.1) is 0 Å². The lowest BCUT2D eigenvalue weighted by atomic mass is 9.76. The summed E-state index contributed by atoms with van der Waals surface area (Å²) in [6, 6.07) is 6.53. The highest BCUT2D eigenvalue weighted by atomic mass is 14.6. The van der Waals surface area contributed by atoms with Crippen molar-refractivity contribution in [2.45, 2.75) is 45.4 Å². The second-order valence-corrected chi connectivity index (χ2v) is 5.00. The third-order valence-corrected chi connectivity index (χ3v) is 3.75. The van der Waals surface area contributed by atoms with E-state index in [1.165, 1.54) is 36.8 Å². The maximum atomic E-state index is 6.11. The van der Waals surface area contributed by atoms with Crippen LogP contribution in [0.25, 0.3) is 0 Å². The van der Waals surface area contributed by atoms with Crippen LogP contribution in [-0.4, -0.2) is 0 Å². The molecule has 0 aliphatic heterocycles. The van der Waals surface area contributed by atoms with Crippen molar-refractivity contribution in [2.24, 2.45) is 5.92 Å². The smallest absolute Gasteiger partial charge is 0.0352 e. The second-order valence-electron chi connectivity index (χ2n) is 5.00. The van der Waals surface area contributed by atoms with Gasteiger partial charge in [-0.1, -0.05) is 38.3 Å². The highest BCUT2D eigenvalue weighted by Gasteiger charge is 2.24. The summed E-state index contributed by atoms with van der Waals surface area (Å²) in [6.45, 7) is 4.47. The molecular weight excluding hydrogens is 182 g/mol. The molecule has 1 aromatic rings. The number of hydrogen-bond acceptors (Lipinski definition) is 1. The molecule has 1 aromatic carbocycles. The molecule has 1 aliphatic carbocycles. The summed E-state index contributed by atoms with van der Waals surface area (Å²) < 4.78 is 0. The molecule has 2 N–H and O–H groups in total. The number of aryl methyl sites for hydroxylation is 1. The van der Waals surface area contributed by atoms with Gasteiger partial charge in [-0.2, -0.15) is 0 Å². The monoisotopic (exact) mass is 203 g/mol. The van der Waals surface area contributed by atoms with Crippen molar-refractivity contribution in [3.8, 4) is 0 Å². The van der Waals surface area contributed by atoms with Gasteiger partial charge in [-0.15, -0.1) is 0 Å². The SMILES string of the molecule is Cc1ccc([C@@H]2CCCC[C@@H]2C)c(N)c1. The standard InChI is InChI=1S/C14H21N/c1-10-7-8-13(14(15)9-10)12-6-4-3-5-11(12)2/h7-9,11-12H,3-6,15H2,1-2H3/t11-,12+/m0/s1. The van der Waals surface area contributed by atoms with E-state index in [9.17, 15) is 0 Å². The molecule has 2 rings (SSSR count). The highest BCUT2D eigenvalue weighted by molar-refractivity contribution is 5.51. The number of benzene rings is 1. The zero-order valence-electron chi connectivity index (χ0n) is 9.79.